The second-order valence-electron chi connectivity index (χ2n) is 6.81. The SMILES string of the molecule is CCCn1c(=O)n(CCC(=O)O[C@@H](C)c2cccc([N+](=O)[O-])c2)c2ccccc21. The molecular weight excluding hydrogens is 374 g/mol. The number of imidazole rings is 1. The van der Waals surface area contributed by atoms with E-state index in [0.29, 0.717) is 12.1 Å². The smallest absolute Gasteiger partial charge is 0.329 e. The lowest BCUT2D eigenvalue weighted by molar-refractivity contribution is -0.385. The number of para-hydroxylation sites is 2. The Morgan fingerprint density at radius 1 is 1.10 bits per heavy atom. The third-order valence-electron chi connectivity index (χ3n) is 4.77. The number of non-ortho nitro benzene ring substituents is 1. The summed E-state index contributed by atoms with van der Waals surface area (Å²) in [6.07, 6.45) is 0.233. The van der Waals surface area contributed by atoms with E-state index in [4.69, 9.17) is 4.74 Å². The summed E-state index contributed by atoms with van der Waals surface area (Å²) in [6.45, 7) is 4.48. The van der Waals surface area contributed by atoms with Gasteiger partial charge in [0.05, 0.1) is 22.4 Å². The number of rotatable bonds is 8. The monoisotopic (exact) mass is 397 g/mol. The highest BCUT2D eigenvalue weighted by molar-refractivity contribution is 5.76. The zero-order valence-corrected chi connectivity index (χ0v) is 16.4. The fourth-order valence-corrected chi connectivity index (χ4v) is 3.35. The van der Waals surface area contributed by atoms with E-state index in [1.165, 1.54) is 12.1 Å². The molecule has 152 valence electrons. The van der Waals surface area contributed by atoms with Crippen LogP contribution in [0.1, 0.15) is 38.4 Å². The van der Waals surface area contributed by atoms with Crippen molar-refractivity contribution in [1.29, 1.82) is 0 Å². The van der Waals surface area contributed by atoms with Crippen molar-refractivity contribution in [2.75, 3.05) is 0 Å². The molecule has 0 unspecified atom stereocenters. The molecular formula is C21H23N3O5. The van der Waals surface area contributed by atoms with E-state index in [0.717, 1.165) is 17.5 Å². The van der Waals surface area contributed by atoms with Crippen molar-refractivity contribution in [3.8, 4) is 0 Å². The van der Waals surface area contributed by atoms with Gasteiger partial charge in [0.15, 0.2) is 0 Å². The van der Waals surface area contributed by atoms with E-state index in [1.807, 2.05) is 31.2 Å². The molecule has 0 N–H and O–H groups in total. The van der Waals surface area contributed by atoms with Crippen LogP contribution in [0.4, 0.5) is 5.69 Å². The molecule has 3 rings (SSSR count). The fourth-order valence-electron chi connectivity index (χ4n) is 3.35. The minimum Gasteiger partial charge on any atom is -0.458 e. The molecule has 1 aromatic heterocycles. The summed E-state index contributed by atoms with van der Waals surface area (Å²) >= 11 is 0. The van der Waals surface area contributed by atoms with Gasteiger partial charge in [-0.1, -0.05) is 31.2 Å². The van der Waals surface area contributed by atoms with Gasteiger partial charge in [-0.25, -0.2) is 4.79 Å². The van der Waals surface area contributed by atoms with Crippen LogP contribution in [0.5, 0.6) is 0 Å². The number of fused-ring (bicyclic) bond motifs is 1. The summed E-state index contributed by atoms with van der Waals surface area (Å²) in [6, 6.07) is 13.5. The van der Waals surface area contributed by atoms with Crippen molar-refractivity contribution in [1.82, 2.24) is 9.13 Å². The van der Waals surface area contributed by atoms with Crippen LogP contribution >= 0.6 is 0 Å². The van der Waals surface area contributed by atoms with Gasteiger partial charge >= 0.3 is 11.7 Å². The summed E-state index contributed by atoms with van der Waals surface area (Å²) < 4.78 is 8.72. The lowest BCUT2D eigenvalue weighted by Gasteiger charge is -2.13. The second-order valence-corrected chi connectivity index (χ2v) is 6.81. The van der Waals surface area contributed by atoms with Gasteiger partial charge in [0.1, 0.15) is 6.10 Å². The number of carbonyl (C=O) groups is 1. The molecule has 0 radical (unpaired) electrons. The van der Waals surface area contributed by atoms with Crippen molar-refractivity contribution < 1.29 is 14.5 Å². The number of benzene rings is 2. The van der Waals surface area contributed by atoms with Crippen molar-refractivity contribution in [2.24, 2.45) is 0 Å². The molecule has 8 nitrogen and oxygen atoms in total. The van der Waals surface area contributed by atoms with Crippen molar-refractivity contribution in [3.63, 3.8) is 0 Å². The number of esters is 1. The zero-order chi connectivity index (χ0) is 21.0. The van der Waals surface area contributed by atoms with E-state index in [-0.39, 0.29) is 24.3 Å². The Morgan fingerprint density at radius 3 is 2.38 bits per heavy atom. The van der Waals surface area contributed by atoms with Gasteiger partial charge in [-0.05, 0) is 31.0 Å². The highest BCUT2D eigenvalue weighted by Crippen LogP contribution is 2.22. The van der Waals surface area contributed by atoms with Crippen LogP contribution < -0.4 is 5.69 Å². The van der Waals surface area contributed by atoms with Gasteiger partial charge < -0.3 is 4.74 Å². The summed E-state index contributed by atoms with van der Waals surface area (Å²) in [5.74, 6) is -0.469. The minimum atomic E-state index is -0.624. The van der Waals surface area contributed by atoms with Crippen LogP contribution in [-0.4, -0.2) is 20.0 Å². The largest absolute Gasteiger partial charge is 0.458 e. The summed E-state index contributed by atoms with van der Waals surface area (Å²) in [7, 11) is 0. The number of aromatic nitrogens is 2. The maximum Gasteiger partial charge on any atom is 0.329 e. The summed E-state index contributed by atoms with van der Waals surface area (Å²) in [5, 5.41) is 10.9. The first-order chi connectivity index (χ1) is 13.9. The molecule has 0 aliphatic heterocycles. The van der Waals surface area contributed by atoms with Crippen molar-refractivity contribution >= 4 is 22.7 Å². The molecule has 0 spiro atoms. The van der Waals surface area contributed by atoms with Crippen LogP contribution in [0.15, 0.2) is 53.3 Å². The predicted octanol–water partition coefficient (Wildman–Crippen LogP) is 3.82. The maximum atomic E-state index is 12.7. The highest BCUT2D eigenvalue weighted by Gasteiger charge is 2.17. The lowest BCUT2D eigenvalue weighted by Crippen LogP contribution is -2.25. The van der Waals surface area contributed by atoms with Gasteiger partial charge in [-0.2, -0.15) is 0 Å². The van der Waals surface area contributed by atoms with Crippen molar-refractivity contribution in [2.45, 2.75) is 45.9 Å². The molecule has 0 saturated carbocycles. The molecule has 2 aromatic carbocycles. The normalized spacial score (nSPS) is 12.1. The predicted molar refractivity (Wildman–Crippen MR) is 109 cm³/mol. The number of ether oxygens (including phenoxy) is 1. The van der Waals surface area contributed by atoms with Crippen LogP contribution in [0.25, 0.3) is 11.0 Å². The first-order valence-electron chi connectivity index (χ1n) is 9.54. The van der Waals surface area contributed by atoms with E-state index >= 15 is 0 Å². The molecule has 3 aromatic rings. The first kappa shape index (κ1) is 20.3. The highest BCUT2D eigenvalue weighted by atomic mass is 16.6. The quantitative estimate of drug-likeness (QED) is 0.327. The number of nitro benzene ring substituents is 1. The maximum absolute atomic E-state index is 12.7. The van der Waals surface area contributed by atoms with E-state index in [9.17, 15) is 19.7 Å². The molecule has 0 aliphatic rings. The Balaban J connectivity index is 1.71. The standard InChI is InChI=1S/C21H23N3O5/c1-3-12-22-18-9-4-5-10-19(18)23(21(22)26)13-11-20(25)29-15(2)16-7-6-8-17(14-16)24(27)28/h4-10,14-15H,3,11-13H2,1-2H3/t15-/m0/s1. The molecule has 0 amide bonds. The van der Waals surface area contributed by atoms with Gasteiger partial charge in [-0.15, -0.1) is 0 Å². The molecule has 0 fully saturated rings. The minimum absolute atomic E-state index is 0.0271. The number of aryl methyl sites for hydroxylation is 2. The van der Waals surface area contributed by atoms with E-state index in [1.54, 1.807) is 28.2 Å². The molecule has 1 atom stereocenters. The number of carbonyl (C=O) groups excluding carboxylic acids is 1. The fraction of sp³-hybridized carbons (Fsp3) is 0.333. The Kier molecular flexibility index (Phi) is 6.11. The van der Waals surface area contributed by atoms with Crippen LogP contribution in [-0.2, 0) is 22.6 Å². The average molecular weight is 397 g/mol. The van der Waals surface area contributed by atoms with Crippen LogP contribution in [0, 0.1) is 10.1 Å². The zero-order valence-electron chi connectivity index (χ0n) is 16.4. The molecule has 8 heteroatoms. The molecule has 0 aliphatic carbocycles. The number of nitrogens with zero attached hydrogens (tertiary/aromatic N) is 3. The third kappa shape index (κ3) is 4.37. The van der Waals surface area contributed by atoms with E-state index < -0.39 is 17.0 Å². The molecule has 0 saturated heterocycles. The van der Waals surface area contributed by atoms with Gasteiger partial charge in [-0.3, -0.25) is 24.0 Å². The number of nitro groups is 1. The lowest BCUT2D eigenvalue weighted by atomic mass is 10.1. The number of hydrogen-bond donors (Lipinski definition) is 0. The number of hydrogen-bond acceptors (Lipinski definition) is 5. The van der Waals surface area contributed by atoms with Crippen molar-refractivity contribution in [3.05, 3.63) is 74.7 Å². The Labute approximate surface area is 167 Å². The Bertz CT molecular complexity index is 1100. The molecule has 29 heavy (non-hydrogen) atoms. The first-order valence-corrected chi connectivity index (χ1v) is 9.54. The van der Waals surface area contributed by atoms with Gasteiger partial charge in [0.25, 0.3) is 5.69 Å². The summed E-state index contributed by atoms with van der Waals surface area (Å²) in [4.78, 5) is 35.5. The molecule has 0 bridgehead atoms. The van der Waals surface area contributed by atoms with Gasteiger partial charge in [0, 0.05) is 25.2 Å². The Hall–Kier alpha value is -3.42. The van der Waals surface area contributed by atoms with Gasteiger partial charge in [0.2, 0.25) is 0 Å². The summed E-state index contributed by atoms with van der Waals surface area (Å²) in [5.41, 5.74) is 1.97. The van der Waals surface area contributed by atoms with Crippen LogP contribution in [0.2, 0.25) is 0 Å². The third-order valence-corrected chi connectivity index (χ3v) is 4.77. The molecule has 1 heterocycles. The van der Waals surface area contributed by atoms with E-state index in [2.05, 4.69) is 0 Å². The van der Waals surface area contributed by atoms with Crippen LogP contribution in [0.3, 0.4) is 0 Å². The Morgan fingerprint density at radius 2 is 1.76 bits per heavy atom. The second kappa shape index (κ2) is 8.72. The average Bonchev–Trinajstić information content (AvgIpc) is 2.98. The topological polar surface area (TPSA) is 96.4 Å².